The molecule has 0 fully saturated rings. The molecule has 0 atom stereocenters. The van der Waals surface area contributed by atoms with Crippen LogP contribution in [0.5, 0.6) is 0 Å². The zero-order valence-electron chi connectivity index (χ0n) is 13.3. The van der Waals surface area contributed by atoms with Crippen molar-refractivity contribution in [2.75, 3.05) is 0 Å². The van der Waals surface area contributed by atoms with Gasteiger partial charge in [0.25, 0.3) is 0 Å². The number of pyridine rings is 1. The highest BCUT2D eigenvalue weighted by atomic mass is 35.5. The van der Waals surface area contributed by atoms with Gasteiger partial charge < -0.3 is 0 Å². The average molecular weight is 348 g/mol. The van der Waals surface area contributed by atoms with Crippen LogP contribution in [0.15, 0.2) is 30.5 Å². The van der Waals surface area contributed by atoms with E-state index in [2.05, 4.69) is 5.10 Å². The van der Waals surface area contributed by atoms with Crippen LogP contribution < -0.4 is 0 Å². The molecule has 0 unspecified atom stereocenters. The summed E-state index contributed by atoms with van der Waals surface area (Å²) in [7, 11) is 0. The highest BCUT2D eigenvalue weighted by Gasteiger charge is 2.26. The Labute approximate surface area is 142 Å². The number of benzene rings is 1. The van der Waals surface area contributed by atoms with Gasteiger partial charge in [0.05, 0.1) is 10.6 Å². The van der Waals surface area contributed by atoms with E-state index in [0.29, 0.717) is 11.1 Å². The van der Waals surface area contributed by atoms with E-state index in [1.165, 1.54) is 28.8 Å². The molecule has 0 aliphatic carbocycles. The van der Waals surface area contributed by atoms with Crippen molar-refractivity contribution >= 4 is 23.4 Å². The predicted octanol–water partition coefficient (Wildman–Crippen LogP) is 4.69. The van der Waals surface area contributed by atoms with Gasteiger partial charge in [0.1, 0.15) is 17.0 Å². The third-order valence-corrected chi connectivity index (χ3v) is 4.20. The quantitative estimate of drug-likeness (QED) is 0.674. The van der Waals surface area contributed by atoms with Crippen molar-refractivity contribution in [1.82, 2.24) is 9.61 Å². The van der Waals surface area contributed by atoms with E-state index < -0.39 is 17.0 Å². The Morgan fingerprint density at radius 2 is 1.79 bits per heavy atom. The van der Waals surface area contributed by atoms with E-state index in [9.17, 15) is 13.6 Å². The number of fused-ring (bicyclic) bond motifs is 1. The molecule has 1 aromatic carbocycles. The van der Waals surface area contributed by atoms with E-state index in [0.717, 1.165) is 0 Å². The number of aromatic nitrogens is 2. The predicted molar refractivity (Wildman–Crippen MR) is 89.0 cm³/mol. The van der Waals surface area contributed by atoms with Crippen LogP contribution in [0.2, 0.25) is 5.02 Å². The van der Waals surface area contributed by atoms with Crippen LogP contribution in [0, 0.1) is 11.6 Å². The monoisotopic (exact) mass is 347 g/mol. The van der Waals surface area contributed by atoms with Gasteiger partial charge in [-0.25, -0.2) is 13.3 Å². The first-order valence-corrected chi connectivity index (χ1v) is 7.66. The molecule has 0 amide bonds. The molecule has 2 heterocycles. The first kappa shape index (κ1) is 16.6. The lowest BCUT2D eigenvalue weighted by atomic mass is 9.88. The lowest BCUT2D eigenvalue weighted by Gasteiger charge is -2.21. The number of halogens is 3. The fraction of sp³-hybridized carbons (Fsp3) is 0.222. The van der Waals surface area contributed by atoms with Gasteiger partial charge in [-0.2, -0.15) is 5.10 Å². The van der Waals surface area contributed by atoms with Gasteiger partial charge in [0.15, 0.2) is 5.82 Å². The van der Waals surface area contributed by atoms with Crippen LogP contribution in [0.4, 0.5) is 8.78 Å². The van der Waals surface area contributed by atoms with Crippen LogP contribution in [0.25, 0.3) is 16.8 Å². The number of nitrogens with zero attached hydrogens (tertiary/aromatic N) is 2. The smallest absolute Gasteiger partial charge is 0.238 e. The standard InChI is InChI=1S/C18H14ClF2N2O/c1-18(2,3)13-8-23-17(15(21)14(13)19)12(9-24)16(22-23)10-4-6-11(20)7-5-10/h4-8H,1-3H3. The van der Waals surface area contributed by atoms with Crippen molar-refractivity contribution in [1.29, 1.82) is 0 Å². The molecule has 3 aromatic rings. The van der Waals surface area contributed by atoms with Crippen molar-refractivity contribution in [2.24, 2.45) is 0 Å². The van der Waals surface area contributed by atoms with Crippen molar-refractivity contribution < 1.29 is 13.6 Å². The maximum Gasteiger partial charge on any atom is 0.238 e. The molecule has 1 radical (unpaired) electrons. The van der Waals surface area contributed by atoms with Gasteiger partial charge in [0, 0.05) is 11.8 Å². The van der Waals surface area contributed by atoms with Crippen molar-refractivity contribution in [3.63, 3.8) is 0 Å². The molecule has 0 saturated heterocycles. The van der Waals surface area contributed by atoms with Crippen LogP contribution in [-0.2, 0) is 10.2 Å². The fourth-order valence-corrected chi connectivity index (χ4v) is 2.99. The van der Waals surface area contributed by atoms with Gasteiger partial charge in [0.2, 0.25) is 6.29 Å². The highest BCUT2D eigenvalue weighted by Crippen LogP contribution is 2.35. The first-order chi connectivity index (χ1) is 11.2. The number of rotatable bonds is 2. The molecule has 24 heavy (non-hydrogen) atoms. The molecule has 0 aliphatic heterocycles. The van der Waals surface area contributed by atoms with Crippen LogP contribution in [0.1, 0.15) is 31.9 Å². The minimum atomic E-state index is -0.719. The Balaban J connectivity index is 2.36. The molecule has 0 N–H and O–H groups in total. The molecule has 6 heteroatoms. The molecule has 0 spiro atoms. The van der Waals surface area contributed by atoms with Gasteiger partial charge in [-0.15, -0.1) is 0 Å². The summed E-state index contributed by atoms with van der Waals surface area (Å²) in [5.74, 6) is -1.13. The maximum absolute atomic E-state index is 14.8. The van der Waals surface area contributed by atoms with Gasteiger partial charge in [-0.05, 0) is 35.2 Å². The molecular formula is C18H14ClF2N2O. The molecular weight excluding hydrogens is 334 g/mol. The van der Waals surface area contributed by atoms with Gasteiger partial charge in [-0.1, -0.05) is 32.4 Å². The zero-order chi connectivity index (χ0) is 17.6. The largest absolute Gasteiger partial charge is 0.285 e. The van der Waals surface area contributed by atoms with E-state index in [1.54, 1.807) is 12.5 Å². The van der Waals surface area contributed by atoms with Crippen LogP contribution in [0.3, 0.4) is 0 Å². The second-order valence-electron chi connectivity index (χ2n) is 6.55. The maximum atomic E-state index is 14.8. The molecule has 0 aliphatic rings. The van der Waals surface area contributed by atoms with Crippen LogP contribution >= 0.6 is 11.6 Å². The average Bonchev–Trinajstić information content (AvgIpc) is 2.89. The third kappa shape index (κ3) is 2.59. The Morgan fingerprint density at radius 3 is 2.33 bits per heavy atom. The van der Waals surface area contributed by atoms with Gasteiger partial charge >= 0.3 is 0 Å². The summed E-state index contributed by atoms with van der Waals surface area (Å²) < 4.78 is 29.2. The summed E-state index contributed by atoms with van der Waals surface area (Å²) in [6.07, 6.45) is 3.34. The van der Waals surface area contributed by atoms with E-state index in [1.807, 2.05) is 20.8 Å². The summed E-state index contributed by atoms with van der Waals surface area (Å²) in [4.78, 5) is 11.4. The minimum Gasteiger partial charge on any atom is -0.285 e. The highest BCUT2D eigenvalue weighted by molar-refractivity contribution is 6.32. The molecule has 2 aromatic heterocycles. The molecule has 0 bridgehead atoms. The number of hydrogen-bond donors (Lipinski definition) is 0. The third-order valence-electron chi connectivity index (χ3n) is 3.83. The SMILES string of the molecule is CC(C)(C)c1cn2nc(-c3ccc(F)cc3)c([C]=O)c2c(F)c1Cl. The summed E-state index contributed by atoms with van der Waals surface area (Å²) in [6, 6.07) is 5.44. The number of hydrogen-bond acceptors (Lipinski definition) is 2. The molecule has 0 saturated carbocycles. The summed E-state index contributed by atoms with van der Waals surface area (Å²) >= 11 is 6.17. The van der Waals surface area contributed by atoms with Crippen molar-refractivity contribution in [2.45, 2.75) is 26.2 Å². The summed E-state index contributed by atoms with van der Waals surface area (Å²) in [5.41, 5.74) is 0.806. The molecule has 123 valence electrons. The Hall–Kier alpha value is -2.27. The van der Waals surface area contributed by atoms with Crippen LogP contribution in [-0.4, -0.2) is 15.9 Å². The topological polar surface area (TPSA) is 34.4 Å². The van der Waals surface area contributed by atoms with Crippen molar-refractivity contribution in [3.8, 4) is 11.3 Å². The molecule has 3 rings (SSSR count). The fourth-order valence-electron chi connectivity index (χ4n) is 2.57. The Kier molecular flexibility index (Phi) is 3.92. The van der Waals surface area contributed by atoms with Crippen molar-refractivity contribution in [3.05, 3.63) is 58.2 Å². The van der Waals surface area contributed by atoms with E-state index in [-0.39, 0.29) is 21.8 Å². The Morgan fingerprint density at radius 1 is 1.17 bits per heavy atom. The summed E-state index contributed by atoms with van der Waals surface area (Å²) in [5, 5.41) is 4.25. The van der Waals surface area contributed by atoms with E-state index in [4.69, 9.17) is 11.6 Å². The molecule has 3 nitrogen and oxygen atoms in total. The minimum absolute atomic E-state index is 0.0395. The zero-order valence-corrected chi connectivity index (χ0v) is 14.1. The second-order valence-corrected chi connectivity index (χ2v) is 6.92. The number of carbonyl (C=O) groups excluding carboxylic acids is 1. The summed E-state index contributed by atoms with van der Waals surface area (Å²) in [6.45, 7) is 5.70. The first-order valence-electron chi connectivity index (χ1n) is 7.29. The normalized spacial score (nSPS) is 11.9. The Bertz CT molecular complexity index is 941. The lowest BCUT2D eigenvalue weighted by Crippen LogP contribution is -2.14. The second kappa shape index (κ2) is 5.67. The van der Waals surface area contributed by atoms with E-state index >= 15 is 0 Å². The van der Waals surface area contributed by atoms with Gasteiger partial charge in [-0.3, -0.25) is 4.79 Å². The lowest BCUT2D eigenvalue weighted by molar-refractivity contribution is 0.561.